The van der Waals surface area contributed by atoms with E-state index in [1.54, 1.807) is 31.4 Å². The van der Waals surface area contributed by atoms with E-state index in [-0.39, 0.29) is 36.3 Å². The summed E-state index contributed by atoms with van der Waals surface area (Å²) in [6, 6.07) is 12.0. The average molecular weight is 487 g/mol. The van der Waals surface area contributed by atoms with Gasteiger partial charge in [-0.1, -0.05) is 29.8 Å². The third kappa shape index (κ3) is 3.40. The van der Waals surface area contributed by atoms with Gasteiger partial charge in [-0.3, -0.25) is 19.3 Å². The van der Waals surface area contributed by atoms with Crippen LogP contribution >= 0.6 is 0 Å². The number of anilines is 1. The van der Waals surface area contributed by atoms with E-state index in [2.05, 4.69) is 12.1 Å². The third-order valence-corrected chi connectivity index (χ3v) is 8.13. The normalized spacial score (nSPS) is 28.6. The van der Waals surface area contributed by atoms with Gasteiger partial charge < -0.3 is 14.4 Å². The second-order valence-corrected chi connectivity index (χ2v) is 10.3. The molecule has 2 aromatic carbocycles. The van der Waals surface area contributed by atoms with Crippen molar-refractivity contribution in [3.05, 3.63) is 65.2 Å². The molecule has 4 heterocycles. The summed E-state index contributed by atoms with van der Waals surface area (Å²) in [4.78, 5) is 45.2. The lowest BCUT2D eigenvalue weighted by Gasteiger charge is -2.38. The molecular formula is C29H30N2O5. The Morgan fingerprint density at radius 3 is 2.64 bits per heavy atom. The first kappa shape index (κ1) is 23.0. The number of carbonyl (C=O) groups excluding carboxylic acids is 3. The molecule has 0 bridgehead atoms. The van der Waals surface area contributed by atoms with Crippen LogP contribution in [-0.4, -0.2) is 60.9 Å². The number of methoxy groups -OCH3 is 1. The number of amides is 2. The number of likely N-dealkylation sites (tertiary alicyclic amines) is 1. The van der Waals surface area contributed by atoms with Crippen molar-refractivity contribution in [1.82, 2.24) is 4.90 Å². The predicted molar refractivity (Wildman–Crippen MR) is 135 cm³/mol. The highest BCUT2D eigenvalue weighted by Crippen LogP contribution is 2.50. The minimum absolute atomic E-state index is 0.132. The van der Waals surface area contributed by atoms with Gasteiger partial charge in [0.15, 0.2) is 5.78 Å². The number of nitrogens with zero attached hydrogens (tertiary/aromatic N) is 2. The standard InChI is InChI=1S/C29H30N2O5/c1-16-9-10-22-21(12-16)17(2)13-23-24-25(29(34)30(28(24)33)15-20-8-5-11-36-20)26(31(22)23)27(32)18-6-4-7-19(14-18)35-3/h4,6-7,9-10,12-14,20,23-26H,5,8,11,15H2,1-3H3/t20-,23-,24+,25+,26-/m0/s1. The fourth-order valence-corrected chi connectivity index (χ4v) is 6.44. The molecule has 0 aromatic heterocycles. The van der Waals surface area contributed by atoms with Crippen molar-refractivity contribution in [3.63, 3.8) is 0 Å². The Bertz CT molecular complexity index is 1290. The summed E-state index contributed by atoms with van der Waals surface area (Å²) >= 11 is 0. The van der Waals surface area contributed by atoms with Gasteiger partial charge in [-0.25, -0.2) is 0 Å². The van der Waals surface area contributed by atoms with Crippen molar-refractivity contribution in [2.24, 2.45) is 11.8 Å². The van der Waals surface area contributed by atoms with Crippen LogP contribution in [0.25, 0.3) is 5.57 Å². The topological polar surface area (TPSA) is 76.1 Å². The summed E-state index contributed by atoms with van der Waals surface area (Å²) < 4.78 is 11.1. The van der Waals surface area contributed by atoms with Crippen LogP contribution in [0.15, 0.2) is 48.5 Å². The maximum Gasteiger partial charge on any atom is 0.235 e. The van der Waals surface area contributed by atoms with E-state index in [1.807, 2.05) is 30.9 Å². The molecule has 3 saturated heterocycles. The number of aryl methyl sites for hydroxylation is 1. The van der Waals surface area contributed by atoms with Gasteiger partial charge in [-0.15, -0.1) is 0 Å². The lowest BCUT2D eigenvalue weighted by molar-refractivity contribution is -0.142. The van der Waals surface area contributed by atoms with Crippen LogP contribution in [-0.2, 0) is 14.3 Å². The van der Waals surface area contributed by atoms with Crippen molar-refractivity contribution in [2.75, 3.05) is 25.2 Å². The van der Waals surface area contributed by atoms with Gasteiger partial charge in [0.05, 0.1) is 37.6 Å². The van der Waals surface area contributed by atoms with Crippen molar-refractivity contribution in [2.45, 2.75) is 44.9 Å². The Morgan fingerprint density at radius 2 is 1.89 bits per heavy atom. The van der Waals surface area contributed by atoms with Gasteiger partial charge in [0.25, 0.3) is 0 Å². The van der Waals surface area contributed by atoms with Crippen LogP contribution in [0.2, 0.25) is 0 Å². The number of rotatable bonds is 5. The fraction of sp³-hybridized carbons (Fsp3) is 0.414. The monoisotopic (exact) mass is 486 g/mol. The summed E-state index contributed by atoms with van der Waals surface area (Å²) in [5.74, 6) is -1.43. The number of hydrogen-bond acceptors (Lipinski definition) is 6. The number of ketones is 1. The summed E-state index contributed by atoms with van der Waals surface area (Å²) in [7, 11) is 1.56. The van der Waals surface area contributed by atoms with E-state index in [1.165, 1.54) is 4.90 Å². The molecule has 2 aromatic rings. The van der Waals surface area contributed by atoms with Gasteiger partial charge >= 0.3 is 0 Å². The smallest absolute Gasteiger partial charge is 0.235 e. The summed E-state index contributed by atoms with van der Waals surface area (Å²) in [6.07, 6.45) is 3.70. The Morgan fingerprint density at radius 1 is 1.08 bits per heavy atom. The highest BCUT2D eigenvalue weighted by Gasteiger charge is 2.64. The molecule has 4 aliphatic rings. The number of benzene rings is 2. The molecule has 4 aliphatic heterocycles. The third-order valence-electron chi connectivity index (χ3n) is 8.13. The molecule has 0 unspecified atom stereocenters. The van der Waals surface area contributed by atoms with Crippen molar-refractivity contribution < 1.29 is 23.9 Å². The number of carbonyl (C=O) groups is 3. The fourth-order valence-electron chi connectivity index (χ4n) is 6.44. The Kier molecular flexibility index (Phi) is 5.48. The van der Waals surface area contributed by atoms with Crippen LogP contribution in [0.3, 0.4) is 0 Å². The van der Waals surface area contributed by atoms with Gasteiger partial charge in [-0.2, -0.15) is 0 Å². The number of imide groups is 1. The van der Waals surface area contributed by atoms with Gasteiger partial charge in [-0.05, 0) is 56.5 Å². The predicted octanol–water partition coefficient (Wildman–Crippen LogP) is 3.64. The Balaban J connectivity index is 1.46. The highest BCUT2D eigenvalue weighted by atomic mass is 16.5. The quantitative estimate of drug-likeness (QED) is 0.475. The summed E-state index contributed by atoms with van der Waals surface area (Å²) in [6.45, 7) is 4.98. The number of Topliss-reactive ketones (excluding diaryl/α,β-unsaturated/α-hetero) is 1. The van der Waals surface area contributed by atoms with E-state index in [0.29, 0.717) is 17.9 Å². The largest absolute Gasteiger partial charge is 0.497 e. The summed E-state index contributed by atoms with van der Waals surface area (Å²) in [5.41, 5.74) is 4.57. The zero-order chi connectivity index (χ0) is 25.1. The maximum atomic E-state index is 14.1. The molecule has 5 atom stereocenters. The average Bonchev–Trinajstić information content (AvgIpc) is 3.57. The minimum atomic E-state index is -0.788. The maximum absolute atomic E-state index is 14.1. The van der Waals surface area contributed by atoms with E-state index >= 15 is 0 Å². The second-order valence-electron chi connectivity index (χ2n) is 10.3. The SMILES string of the molecule is COc1cccc(C(=O)[C@@H]2[C@@H]3C(=O)N(C[C@@H]4CCCO4)C(=O)[C@@H]3[C@@H]3C=C(C)c4cc(C)ccc4N23)c1. The van der Waals surface area contributed by atoms with E-state index < -0.39 is 17.9 Å². The molecule has 2 amide bonds. The molecular weight excluding hydrogens is 456 g/mol. The number of fused-ring (bicyclic) bond motifs is 5. The molecule has 36 heavy (non-hydrogen) atoms. The van der Waals surface area contributed by atoms with Crippen molar-refractivity contribution >= 4 is 28.9 Å². The first-order valence-electron chi connectivity index (χ1n) is 12.6. The molecule has 0 spiro atoms. The number of ether oxygens (including phenoxy) is 2. The lowest BCUT2D eigenvalue weighted by atomic mass is 9.85. The van der Waals surface area contributed by atoms with Gasteiger partial charge in [0, 0.05) is 23.4 Å². The molecule has 0 saturated carbocycles. The number of allylic oxidation sites excluding steroid dienone is 1. The second kappa shape index (κ2) is 8.59. The molecule has 0 aliphatic carbocycles. The summed E-state index contributed by atoms with van der Waals surface area (Å²) in [5, 5.41) is 0. The van der Waals surface area contributed by atoms with E-state index in [9.17, 15) is 14.4 Å². The molecule has 7 nitrogen and oxygen atoms in total. The molecule has 0 radical (unpaired) electrons. The van der Waals surface area contributed by atoms with Crippen LogP contribution in [0.4, 0.5) is 5.69 Å². The lowest BCUT2D eigenvalue weighted by Crippen LogP contribution is -2.50. The molecule has 7 heteroatoms. The van der Waals surface area contributed by atoms with E-state index in [0.717, 1.165) is 35.2 Å². The molecule has 0 N–H and O–H groups in total. The molecule has 3 fully saturated rings. The van der Waals surface area contributed by atoms with Crippen LogP contribution < -0.4 is 9.64 Å². The van der Waals surface area contributed by atoms with Crippen molar-refractivity contribution in [1.29, 1.82) is 0 Å². The molecule has 6 rings (SSSR count). The minimum Gasteiger partial charge on any atom is -0.497 e. The van der Waals surface area contributed by atoms with Crippen LogP contribution in [0, 0.1) is 18.8 Å². The number of hydrogen-bond donors (Lipinski definition) is 0. The molecule has 186 valence electrons. The van der Waals surface area contributed by atoms with Crippen LogP contribution in [0.1, 0.15) is 41.3 Å². The Hall–Kier alpha value is -3.45. The van der Waals surface area contributed by atoms with Gasteiger partial charge in [0.1, 0.15) is 11.8 Å². The van der Waals surface area contributed by atoms with Gasteiger partial charge in [0.2, 0.25) is 11.8 Å². The van der Waals surface area contributed by atoms with E-state index in [4.69, 9.17) is 9.47 Å². The van der Waals surface area contributed by atoms with Crippen LogP contribution in [0.5, 0.6) is 5.75 Å². The highest BCUT2D eigenvalue weighted by molar-refractivity contribution is 6.14. The first-order chi connectivity index (χ1) is 17.4. The zero-order valence-electron chi connectivity index (χ0n) is 20.8. The van der Waals surface area contributed by atoms with Crippen molar-refractivity contribution in [3.8, 4) is 5.75 Å². The zero-order valence-corrected chi connectivity index (χ0v) is 20.8. The Labute approximate surface area is 210 Å². The first-order valence-corrected chi connectivity index (χ1v) is 12.6.